The first kappa shape index (κ1) is 32.4. The molecular weight excluding hydrogens is 600 g/mol. The fraction of sp³-hybridized carbons (Fsp3) is 0.243. The number of hydrogen-bond donors (Lipinski definition) is 1. The van der Waals surface area contributed by atoms with Crippen LogP contribution in [0.25, 0.3) is 5.76 Å². The largest absolute Gasteiger partial charge is 0.507 e. The van der Waals surface area contributed by atoms with Crippen molar-refractivity contribution in [2.24, 2.45) is 0 Å². The van der Waals surface area contributed by atoms with Crippen LogP contribution >= 0.6 is 11.3 Å². The molecule has 8 nitrogen and oxygen atoms in total. The topological polar surface area (TPSA) is 106 Å². The Kier molecular flexibility index (Phi) is 9.25. The molecule has 1 unspecified atom stereocenters. The number of rotatable bonds is 9. The summed E-state index contributed by atoms with van der Waals surface area (Å²) < 4.78 is 11.2. The number of anilines is 1. The Bertz CT molecular complexity index is 1830. The molecule has 1 amide bonds. The average molecular weight is 637 g/mol. The maximum absolute atomic E-state index is 13.7. The lowest BCUT2D eigenvalue weighted by atomic mass is 9.85. The first-order valence-electron chi connectivity index (χ1n) is 14.8. The lowest BCUT2D eigenvalue weighted by Gasteiger charge is -2.25. The highest BCUT2D eigenvalue weighted by molar-refractivity contribution is 7.17. The first-order valence-corrected chi connectivity index (χ1v) is 15.7. The van der Waals surface area contributed by atoms with Crippen molar-refractivity contribution in [1.82, 2.24) is 4.98 Å². The van der Waals surface area contributed by atoms with Gasteiger partial charge in [-0.05, 0) is 59.7 Å². The van der Waals surface area contributed by atoms with Gasteiger partial charge in [0.1, 0.15) is 29.6 Å². The first-order chi connectivity index (χ1) is 21.9. The summed E-state index contributed by atoms with van der Waals surface area (Å²) in [6.45, 7) is 13.7. The molecule has 0 saturated carbocycles. The summed E-state index contributed by atoms with van der Waals surface area (Å²) in [6, 6.07) is 21.5. The number of ketones is 1. The number of aliphatic hydroxyl groups is 1. The molecule has 0 bridgehead atoms. The number of nitrogens with zero attached hydrogens (tertiary/aromatic N) is 2. The van der Waals surface area contributed by atoms with E-state index >= 15 is 0 Å². The molecule has 5 rings (SSSR count). The van der Waals surface area contributed by atoms with Crippen LogP contribution in [0.1, 0.15) is 70.0 Å². The number of ether oxygens (including phenoxy) is 2. The number of esters is 1. The van der Waals surface area contributed by atoms with E-state index in [2.05, 4.69) is 32.3 Å². The number of carbonyl (C=O) groups is 3. The maximum atomic E-state index is 13.7. The van der Waals surface area contributed by atoms with Crippen molar-refractivity contribution in [3.05, 3.63) is 129 Å². The second-order valence-electron chi connectivity index (χ2n) is 12.1. The van der Waals surface area contributed by atoms with Gasteiger partial charge in [-0.15, -0.1) is 0 Å². The summed E-state index contributed by atoms with van der Waals surface area (Å²) in [5, 5.41) is 11.8. The summed E-state index contributed by atoms with van der Waals surface area (Å²) in [7, 11) is 0. The SMILES string of the molecule is C=CCOC(=O)c1sc(N2C(=O)C(=O)/C(=C(\O)c3ccc(OCc4ccccc4)c(C)c3)C2c2ccc(C(C)(C)C)cc2)nc1C. The van der Waals surface area contributed by atoms with E-state index in [0.717, 1.165) is 28.0 Å². The van der Waals surface area contributed by atoms with Crippen molar-refractivity contribution in [3.8, 4) is 5.75 Å². The zero-order chi connectivity index (χ0) is 33.2. The quantitative estimate of drug-likeness (QED) is 0.0663. The van der Waals surface area contributed by atoms with Gasteiger partial charge in [-0.25, -0.2) is 9.78 Å². The Morgan fingerprint density at radius 1 is 1.04 bits per heavy atom. The van der Waals surface area contributed by atoms with E-state index in [1.165, 1.54) is 11.0 Å². The number of carbonyl (C=O) groups excluding carboxylic acids is 3. The van der Waals surface area contributed by atoms with Crippen LogP contribution in [0.3, 0.4) is 0 Å². The van der Waals surface area contributed by atoms with Crippen molar-refractivity contribution in [2.45, 2.75) is 52.7 Å². The number of benzene rings is 3. The van der Waals surface area contributed by atoms with Gasteiger partial charge < -0.3 is 14.6 Å². The van der Waals surface area contributed by atoms with Gasteiger partial charge in [0.05, 0.1) is 17.3 Å². The number of aromatic nitrogens is 1. The summed E-state index contributed by atoms with van der Waals surface area (Å²) in [5.41, 5.74) is 3.95. The third-order valence-corrected chi connectivity index (χ3v) is 8.87. The number of hydrogen-bond acceptors (Lipinski definition) is 8. The molecule has 1 N–H and O–H groups in total. The van der Waals surface area contributed by atoms with Crippen LogP contribution in [-0.4, -0.2) is 34.4 Å². The van der Waals surface area contributed by atoms with E-state index in [-0.39, 0.29) is 33.4 Å². The highest BCUT2D eigenvalue weighted by Gasteiger charge is 2.48. The molecule has 9 heteroatoms. The molecule has 2 heterocycles. The molecule has 1 aliphatic rings. The molecule has 1 atom stereocenters. The highest BCUT2D eigenvalue weighted by Crippen LogP contribution is 2.44. The van der Waals surface area contributed by atoms with Crippen LogP contribution in [0.15, 0.2) is 91.0 Å². The molecule has 1 saturated heterocycles. The van der Waals surface area contributed by atoms with Gasteiger partial charge in [0.25, 0.3) is 5.78 Å². The second-order valence-corrected chi connectivity index (χ2v) is 13.1. The molecule has 236 valence electrons. The number of amides is 1. The van der Waals surface area contributed by atoms with E-state index in [1.54, 1.807) is 25.1 Å². The second kappa shape index (κ2) is 13.1. The minimum Gasteiger partial charge on any atom is -0.507 e. The van der Waals surface area contributed by atoms with E-state index in [4.69, 9.17) is 9.47 Å². The predicted octanol–water partition coefficient (Wildman–Crippen LogP) is 7.61. The molecule has 0 spiro atoms. The summed E-state index contributed by atoms with van der Waals surface area (Å²) in [4.78, 5) is 46.1. The Hall–Kier alpha value is -5.02. The number of aliphatic hydroxyl groups excluding tert-OH is 1. The van der Waals surface area contributed by atoms with Gasteiger partial charge in [0.2, 0.25) is 0 Å². The van der Waals surface area contributed by atoms with Crippen molar-refractivity contribution in [3.63, 3.8) is 0 Å². The molecule has 0 aliphatic carbocycles. The van der Waals surface area contributed by atoms with Crippen molar-refractivity contribution < 1.29 is 29.0 Å². The summed E-state index contributed by atoms with van der Waals surface area (Å²) >= 11 is 0.957. The van der Waals surface area contributed by atoms with Gasteiger partial charge >= 0.3 is 11.9 Å². The van der Waals surface area contributed by atoms with E-state index in [0.29, 0.717) is 29.2 Å². The molecule has 0 radical (unpaired) electrons. The fourth-order valence-electron chi connectivity index (χ4n) is 5.23. The van der Waals surface area contributed by atoms with Crippen LogP contribution < -0.4 is 9.64 Å². The molecule has 1 fully saturated rings. The Morgan fingerprint density at radius 3 is 2.37 bits per heavy atom. The Balaban J connectivity index is 1.58. The van der Waals surface area contributed by atoms with Gasteiger partial charge in [0, 0.05) is 5.56 Å². The normalized spacial score (nSPS) is 16.0. The van der Waals surface area contributed by atoms with Crippen molar-refractivity contribution in [2.75, 3.05) is 11.5 Å². The standard InChI is InChI=1S/C37H36N2O6S/c1-7-19-44-35(43)33-23(3)38-36(46-33)39-30(25-13-16-27(17-14-25)37(4,5)6)29(32(41)34(39)42)31(40)26-15-18-28(22(2)20-26)45-21-24-11-9-8-10-12-24/h7-18,20,30,40H,1,19,21H2,2-6H3/b31-29-. The summed E-state index contributed by atoms with van der Waals surface area (Å²) in [5.74, 6) is -2.00. The van der Waals surface area contributed by atoms with Crippen LogP contribution in [0.2, 0.25) is 0 Å². The number of Topliss-reactive ketones (excluding diaryl/α,β-unsaturated/α-hetero) is 1. The van der Waals surface area contributed by atoms with Crippen LogP contribution in [0.4, 0.5) is 5.13 Å². The Morgan fingerprint density at radius 2 is 1.74 bits per heavy atom. The molecule has 1 aromatic heterocycles. The Labute approximate surface area is 272 Å². The van der Waals surface area contributed by atoms with Gasteiger partial charge in [-0.3, -0.25) is 14.5 Å². The third-order valence-electron chi connectivity index (χ3n) is 7.73. The summed E-state index contributed by atoms with van der Waals surface area (Å²) in [6.07, 6.45) is 1.46. The number of thiazole rings is 1. The van der Waals surface area contributed by atoms with Crippen LogP contribution in [0.5, 0.6) is 5.75 Å². The predicted molar refractivity (Wildman–Crippen MR) is 179 cm³/mol. The smallest absolute Gasteiger partial charge is 0.350 e. The molecule has 1 aliphatic heterocycles. The minimum atomic E-state index is -0.995. The van der Waals surface area contributed by atoms with Crippen molar-refractivity contribution >= 4 is 39.9 Å². The zero-order valence-corrected chi connectivity index (χ0v) is 27.3. The van der Waals surface area contributed by atoms with Gasteiger partial charge in [-0.1, -0.05) is 99.4 Å². The third kappa shape index (κ3) is 6.50. The minimum absolute atomic E-state index is 0.0195. The fourth-order valence-corrected chi connectivity index (χ4v) is 6.22. The van der Waals surface area contributed by atoms with Gasteiger partial charge in [0.15, 0.2) is 5.13 Å². The molecular formula is C37H36N2O6S. The lowest BCUT2D eigenvalue weighted by molar-refractivity contribution is -0.132. The highest BCUT2D eigenvalue weighted by atomic mass is 32.1. The van der Waals surface area contributed by atoms with Gasteiger partial charge in [-0.2, -0.15) is 0 Å². The maximum Gasteiger partial charge on any atom is 0.350 e. The van der Waals surface area contributed by atoms with Crippen LogP contribution in [-0.2, 0) is 26.3 Å². The van der Waals surface area contributed by atoms with E-state index in [9.17, 15) is 19.5 Å². The zero-order valence-electron chi connectivity index (χ0n) is 26.5. The van der Waals surface area contributed by atoms with E-state index in [1.807, 2.05) is 61.5 Å². The van der Waals surface area contributed by atoms with Crippen LogP contribution in [0, 0.1) is 13.8 Å². The lowest BCUT2D eigenvalue weighted by Crippen LogP contribution is -2.29. The van der Waals surface area contributed by atoms with Crippen molar-refractivity contribution in [1.29, 1.82) is 0 Å². The molecule has 3 aromatic carbocycles. The number of aryl methyl sites for hydroxylation is 2. The monoisotopic (exact) mass is 636 g/mol. The average Bonchev–Trinajstić information content (AvgIpc) is 3.55. The van der Waals surface area contributed by atoms with E-state index < -0.39 is 23.7 Å². The molecule has 4 aromatic rings. The molecule has 46 heavy (non-hydrogen) atoms.